The van der Waals surface area contributed by atoms with Gasteiger partial charge in [0.1, 0.15) is 6.10 Å². The Balaban J connectivity index is 2.35. The highest BCUT2D eigenvalue weighted by Gasteiger charge is 2.25. The van der Waals surface area contributed by atoms with E-state index in [4.69, 9.17) is 14.9 Å². The third-order valence-corrected chi connectivity index (χ3v) is 1.52. The molecule has 0 saturated carbocycles. The van der Waals surface area contributed by atoms with Crippen LogP contribution in [0.4, 0.5) is 0 Å². The molecule has 1 aliphatic heterocycles. The van der Waals surface area contributed by atoms with Crippen molar-refractivity contribution in [1.82, 2.24) is 0 Å². The van der Waals surface area contributed by atoms with Gasteiger partial charge in [0.15, 0.2) is 6.29 Å². The number of rotatable bonds is 0. The number of aliphatic hydroxyl groups is 2. The molecule has 0 radical (unpaired) electrons. The molecule has 1 fully saturated rings. The van der Waals surface area contributed by atoms with Crippen LogP contribution in [0, 0.1) is 5.92 Å². The van der Waals surface area contributed by atoms with E-state index >= 15 is 0 Å². The van der Waals surface area contributed by atoms with E-state index < -0.39 is 12.4 Å². The van der Waals surface area contributed by atoms with Crippen LogP contribution in [0.1, 0.15) is 13.3 Å². The van der Waals surface area contributed by atoms with Crippen molar-refractivity contribution < 1.29 is 14.9 Å². The highest BCUT2D eigenvalue weighted by molar-refractivity contribution is 4.68. The molecule has 1 rings (SSSR count). The normalized spacial score (nSPS) is 45.0. The predicted molar refractivity (Wildman–Crippen MR) is 31.7 cm³/mol. The smallest absolute Gasteiger partial charge is 0.180 e. The molecule has 3 heteroatoms. The molecule has 3 atom stereocenters. The summed E-state index contributed by atoms with van der Waals surface area (Å²) in [5, 5.41) is 17.8. The number of aliphatic hydroxyl groups excluding tert-OH is 2. The second-order valence-electron chi connectivity index (χ2n) is 2.63. The molecule has 1 heterocycles. The maximum absolute atomic E-state index is 8.97. The van der Waals surface area contributed by atoms with E-state index in [0.717, 1.165) is 0 Å². The van der Waals surface area contributed by atoms with Crippen molar-refractivity contribution in [2.45, 2.75) is 25.7 Å². The molecule has 0 aromatic heterocycles. The van der Waals surface area contributed by atoms with Gasteiger partial charge >= 0.3 is 0 Å². The molecule has 9 heavy (non-hydrogen) atoms. The van der Waals surface area contributed by atoms with Gasteiger partial charge in [0.05, 0.1) is 6.61 Å². The first-order valence-corrected chi connectivity index (χ1v) is 3.18. The van der Waals surface area contributed by atoms with Gasteiger partial charge < -0.3 is 14.9 Å². The molecule has 0 spiro atoms. The third-order valence-electron chi connectivity index (χ3n) is 1.52. The van der Waals surface area contributed by atoms with Gasteiger partial charge in [0.25, 0.3) is 0 Å². The Morgan fingerprint density at radius 1 is 1.44 bits per heavy atom. The minimum atomic E-state index is -0.957. The fraction of sp³-hybridized carbons (Fsp3) is 1.00. The van der Waals surface area contributed by atoms with E-state index in [2.05, 4.69) is 0 Å². The summed E-state index contributed by atoms with van der Waals surface area (Å²) >= 11 is 0. The molecule has 1 saturated heterocycles. The van der Waals surface area contributed by atoms with Gasteiger partial charge in [0, 0.05) is 0 Å². The average Bonchev–Trinajstić information content (AvgIpc) is 1.80. The monoisotopic (exact) mass is 132 g/mol. The Kier molecular flexibility index (Phi) is 2.05. The number of hydrogen-bond donors (Lipinski definition) is 2. The summed E-state index contributed by atoms with van der Waals surface area (Å²) in [5.74, 6) is 0.364. The van der Waals surface area contributed by atoms with Crippen LogP contribution in [0.25, 0.3) is 0 Å². The molecule has 54 valence electrons. The lowest BCUT2D eigenvalue weighted by Gasteiger charge is -2.27. The van der Waals surface area contributed by atoms with Crippen LogP contribution in [-0.4, -0.2) is 29.2 Å². The summed E-state index contributed by atoms with van der Waals surface area (Å²) in [6.45, 7) is 2.54. The van der Waals surface area contributed by atoms with Crippen molar-refractivity contribution in [1.29, 1.82) is 0 Å². The van der Waals surface area contributed by atoms with Gasteiger partial charge in [-0.2, -0.15) is 0 Å². The van der Waals surface area contributed by atoms with Crippen LogP contribution in [-0.2, 0) is 4.74 Å². The first kappa shape index (κ1) is 6.99. The second-order valence-corrected chi connectivity index (χ2v) is 2.63. The molecule has 3 nitrogen and oxygen atoms in total. The van der Waals surface area contributed by atoms with E-state index in [1.165, 1.54) is 0 Å². The summed E-state index contributed by atoms with van der Waals surface area (Å²) in [7, 11) is 0. The standard InChI is InChI=1S/C6H12O3/c1-4-2-5(7)6(8)9-3-4/h4-8H,2-3H2,1H3. The van der Waals surface area contributed by atoms with E-state index in [9.17, 15) is 0 Å². The van der Waals surface area contributed by atoms with Crippen molar-refractivity contribution in [2.24, 2.45) is 5.92 Å². The number of ether oxygens (including phenoxy) is 1. The fourth-order valence-corrected chi connectivity index (χ4v) is 0.971. The molecule has 0 amide bonds. The molecule has 0 aromatic carbocycles. The topological polar surface area (TPSA) is 49.7 Å². The summed E-state index contributed by atoms with van der Waals surface area (Å²) < 4.78 is 4.81. The van der Waals surface area contributed by atoms with Crippen molar-refractivity contribution in [3.8, 4) is 0 Å². The van der Waals surface area contributed by atoms with E-state index in [-0.39, 0.29) is 0 Å². The minimum absolute atomic E-state index is 0.364. The Labute approximate surface area is 54.3 Å². The Morgan fingerprint density at radius 2 is 2.11 bits per heavy atom. The Hall–Kier alpha value is -0.120. The van der Waals surface area contributed by atoms with Crippen LogP contribution in [0.3, 0.4) is 0 Å². The molecule has 3 unspecified atom stereocenters. The summed E-state index contributed by atoms with van der Waals surface area (Å²) in [4.78, 5) is 0. The quantitative estimate of drug-likeness (QED) is 0.476. The van der Waals surface area contributed by atoms with Gasteiger partial charge in [0.2, 0.25) is 0 Å². The van der Waals surface area contributed by atoms with Crippen molar-refractivity contribution >= 4 is 0 Å². The van der Waals surface area contributed by atoms with Crippen LogP contribution < -0.4 is 0 Å². The van der Waals surface area contributed by atoms with E-state index in [0.29, 0.717) is 18.9 Å². The zero-order chi connectivity index (χ0) is 6.85. The van der Waals surface area contributed by atoms with Gasteiger partial charge in [-0.3, -0.25) is 0 Å². The van der Waals surface area contributed by atoms with Crippen molar-refractivity contribution in [2.75, 3.05) is 6.61 Å². The lowest BCUT2D eigenvalue weighted by Crippen LogP contribution is -2.37. The van der Waals surface area contributed by atoms with Gasteiger partial charge in [-0.15, -0.1) is 0 Å². The Morgan fingerprint density at radius 3 is 2.56 bits per heavy atom. The van der Waals surface area contributed by atoms with Crippen molar-refractivity contribution in [3.63, 3.8) is 0 Å². The third kappa shape index (κ3) is 1.64. The molecule has 0 bridgehead atoms. The molecule has 0 aliphatic carbocycles. The average molecular weight is 132 g/mol. The second kappa shape index (κ2) is 2.64. The number of hydrogen-bond acceptors (Lipinski definition) is 3. The fourth-order valence-electron chi connectivity index (χ4n) is 0.971. The highest BCUT2D eigenvalue weighted by atomic mass is 16.6. The molecule has 0 aromatic rings. The summed E-state index contributed by atoms with van der Waals surface area (Å²) in [6.07, 6.45) is -1.00. The van der Waals surface area contributed by atoms with Gasteiger partial charge in [-0.05, 0) is 12.3 Å². The lowest BCUT2D eigenvalue weighted by molar-refractivity contribution is -0.198. The first-order chi connectivity index (χ1) is 4.20. The minimum Gasteiger partial charge on any atom is -0.388 e. The Bertz CT molecular complexity index is 94.3. The maximum Gasteiger partial charge on any atom is 0.180 e. The maximum atomic E-state index is 8.97. The van der Waals surface area contributed by atoms with Gasteiger partial charge in [-0.25, -0.2) is 0 Å². The largest absolute Gasteiger partial charge is 0.388 e. The molecular formula is C6H12O3. The van der Waals surface area contributed by atoms with Crippen LogP contribution in [0.2, 0.25) is 0 Å². The molecule has 2 N–H and O–H groups in total. The van der Waals surface area contributed by atoms with Crippen LogP contribution >= 0.6 is 0 Å². The first-order valence-electron chi connectivity index (χ1n) is 3.18. The summed E-state index contributed by atoms with van der Waals surface area (Å²) in [5.41, 5.74) is 0. The summed E-state index contributed by atoms with van der Waals surface area (Å²) in [6, 6.07) is 0. The molecule has 1 aliphatic rings. The SMILES string of the molecule is CC1COC(O)C(O)C1. The van der Waals surface area contributed by atoms with Crippen LogP contribution in [0.15, 0.2) is 0 Å². The lowest BCUT2D eigenvalue weighted by atomic mass is 10.0. The predicted octanol–water partition coefficient (Wildman–Crippen LogP) is -0.278. The molecular weight excluding hydrogens is 120 g/mol. The van der Waals surface area contributed by atoms with E-state index in [1.54, 1.807) is 0 Å². The zero-order valence-corrected chi connectivity index (χ0v) is 5.45. The van der Waals surface area contributed by atoms with Crippen molar-refractivity contribution in [3.05, 3.63) is 0 Å². The van der Waals surface area contributed by atoms with E-state index in [1.807, 2.05) is 6.92 Å². The van der Waals surface area contributed by atoms with Crippen LogP contribution in [0.5, 0.6) is 0 Å². The zero-order valence-electron chi connectivity index (χ0n) is 5.45. The highest BCUT2D eigenvalue weighted by Crippen LogP contribution is 2.16. The van der Waals surface area contributed by atoms with Gasteiger partial charge in [-0.1, -0.05) is 6.92 Å².